The van der Waals surface area contributed by atoms with Crippen LogP contribution in [0.25, 0.3) is 0 Å². The molecule has 0 saturated carbocycles. The van der Waals surface area contributed by atoms with Crippen molar-refractivity contribution >= 4 is 28.1 Å². The summed E-state index contributed by atoms with van der Waals surface area (Å²) in [6.07, 6.45) is -8.82. The molecule has 2 rings (SSSR count). The van der Waals surface area contributed by atoms with Crippen LogP contribution in [-0.4, -0.2) is 19.3 Å². The summed E-state index contributed by atoms with van der Waals surface area (Å²) in [4.78, 5) is 0. The zero-order valence-electron chi connectivity index (χ0n) is 11.1. The number of alkyl halides is 6. The molecule has 0 aliphatic heterocycles. The van der Waals surface area contributed by atoms with Gasteiger partial charge in [0.1, 0.15) is 0 Å². The first kappa shape index (κ1) is 16.8. The molecule has 0 nitrogen and oxygen atoms in total. The summed E-state index contributed by atoms with van der Waals surface area (Å²) in [5, 5.41) is 3.97. The van der Waals surface area contributed by atoms with E-state index in [1.807, 2.05) is 0 Å². The van der Waals surface area contributed by atoms with Crippen molar-refractivity contribution in [2.24, 2.45) is 0 Å². The molecule has 2 aromatic rings. The van der Waals surface area contributed by atoms with Crippen LogP contribution in [-0.2, 0) is 12.4 Å². The van der Waals surface area contributed by atoms with Crippen LogP contribution in [0.4, 0.5) is 26.3 Å². The fourth-order valence-electron chi connectivity index (χ4n) is 1.89. The predicted octanol–water partition coefficient (Wildman–Crippen LogP) is 3.35. The van der Waals surface area contributed by atoms with Crippen molar-refractivity contribution in [2.75, 3.05) is 0 Å². The van der Waals surface area contributed by atoms with Crippen molar-refractivity contribution < 1.29 is 26.3 Å². The molecule has 0 fully saturated rings. The second-order valence-electron chi connectivity index (χ2n) is 4.63. The number of hydrogen-bond acceptors (Lipinski definition) is 0. The third-order valence-corrected chi connectivity index (χ3v) is 7.44. The average Bonchev–Trinajstić information content (AvgIpc) is 2.45. The molecule has 0 saturated heterocycles. The zero-order valence-corrected chi connectivity index (χ0v) is 13.2. The summed E-state index contributed by atoms with van der Waals surface area (Å²) in [5.41, 5.74) is -1.51. The Labute approximate surface area is 127 Å². The molecule has 2 aromatic carbocycles. The standard InChI is InChI=1S/C15H10F6Ge/c1-22(12-6-2-10(3-7-12)14(16,17)18)13-8-4-11(5-9-13)15(19,20)21/h2-9H,1H2. The van der Waals surface area contributed by atoms with Crippen molar-refractivity contribution in [3.8, 4) is 0 Å². The molecule has 0 aliphatic rings. The van der Waals surface area contributed by atoms with Gasteiger partial charge in [-0.2, -0.15) is 0 Å². The van der Waals surface area contributed by atoms with Crippen LogP contribution in [0.2, 0.25) is 0 Å². The monoisotopic (exact) mass is 378 g/mol. The Morgan fingerprint density at radius 3 is 1.09 bits per heavy atom. The average molecular weight is 377 g/mol. The van der Waals surface area contributed by atoms with Crippen molar-refractivity contribution in [2.45, 2.75) is 12.4 Å². The second-order valence-corrected chi connectivity index (χ2v) is 9.06. The first-order chi connectivity index (χ1) is 10.1. The van der Waals surface area contributed by atoms with Gasteiger partial charge in [-0.05, 0) is 0 Å². The van der Waals surface area contributed by atoms with Crippen molar-refractivity contribution in [1.82, 2.24) is 0 Å². The predicted molar refractivity (Wildman–Crippen MR) is 75.0 cm³/mol. The fraction of sp³-hybridized carbons (Fsp3) is 0.133. The molecule has 0 radical (unpaired) electrons. The van der Waals surface area contributed by atoms with E-state index in [0.29, 0.717) is 8.79 Å². The zero-order chi connectivity index (χ0) is 16.5. The van der Waals surface area contributed by atoms with E-state index in [1.54, 1.807) is 0 Å². The van der Waals surface area contributed by atoms with Crippen LogP contribution in [0.3, 0.4) is 0 Å². The minimum atomic E-state index is -4.41. The van der Waals surface area contributed by atoms with Gasteiger partial charge in [-0.3, -0.25) is 0 Å². The van der Waals surface area contributed by atoms with Crippen LogP contribution in [0.1, 0.15) is 11.1 Å². The number of halogens is 6. The van der Waals surface area contributed by atoms with Crippen molar-refractivity contribution in [3.05, 3.63) is 59.7 Å². The van der Waals surface area contributed by atoms with Gasteiger partial charge in [0.25, 0.3) is 0 Å². The fourth-order valence-corrected chi connectivity index (χ4v) is 4.97. The van der Waals surface area contributed by atoms with E-state index in [4.69, 9.17) is 0 Å². The maximum atomic E-state index is 12.5. The van der Waals surface area contributed by atoms with Crippen LogP contribution < -0.4 is 8.79 Å². The molecule has 0 unspecified atom stereocenters. The molecule has 0 N–H and O–H groups in total. The van der Waals surface area contributed by atoms with Gasteiger partial charge in [0.2, 0.25) is 0 Å². The molecule has 116 valence electrons. The normalized spacial score (nSPS) is 12.3. The summed E-state index contributed by atoms with van der Waals surface area (Å²) < 4.78 is 76.3. The Balaban J connectivity index is 2.25. The van der Waals surface area contributed by atoms with Gasteiger partial charge in [0, 0.05) is 0 Å². The van der Waals surface area contributed by atoms with E-state index in [2.05, 4.69) is 5.36 Å². The number of hydrogen-bond donors (Lipinski definition) is 0. The third kappa shape index (κ3) is 3.79. The Bertz CT molecular complexity index is 606. The summed E-state index contributed by atoms with van der Waals surface area (Å²) in [6.45, 7) is 0. The SMILES string of the molecule is [CH2]=[Ge]([c]1ccc(C(F)(F)F)cc1)[c]1ccc(C(F)(F)F)cc1. The van der Waals surface area contributed by atoms with Gasteiger partial charge >= 0.3 is 126 Å². The van der Waals surface area contributed by atoms with Crippen LogP contribution in [0.5, 0.6) is 0 Å². The quantitative estimate of drug-likeness (QED) is 0.557. The molecule has 0 spiro atoms. The molecular weight excluding hydrogens is 367 g/mol. The molecule has 7 heteroatoms. The van der Waals surface area contributed by atoms with E-state index in [9.17, 15) is 26.3 Å². The van der Waals surface area contributed by atoms with E-state index in [0.717, 1.165) is 24.3 Å². The Morgan fingerprint density at radius 1 is 0.591 bits per heavy atom. The summed E-state index contributed by atoms with van der Waals surface area (Å²) in [6, 6.07) is 9.28. The summed E-state index contributed by atoms with van der Waals surface area (Å²) in [5.74, 6) is 0. The minimum absolute atomic E-state index is 0.660. The number of rotatable bonds is 2. The van der Waals surface area contributed by atoms with E-state index in [1.165, 1.54) is 24.3 Å². The Morgan fingerprint density at radius 2 is 0.864 bits per heavy atom. The molecule has 0 heterocycles. The second kappa shape index (κ2) is 5.91. The Kier molecular flexibility index (Phi) is 4.51. The Hall–Kier alpha value is -1.57. The van der Waals surface area contributed by atoms with Gasteiger partial charge in [-0.25, -0.2) is 0 Å². The summed E-state index contributed by atoms with van der Waals surface area (Å²) >= 11 is -2.35. The van der Waals surface area contributed by atoms with E-state index in [-0.39, 0.29) is 0 Å². The molecule has 0 aromatic heterocycles. The maximum absolute atomic E-state index is 12.5. The molecule has 0 atom stereocenters. The van der Waals surface area contributed by atoms with Crippen LogP contribution in [0, 0.1) is 0 Å². The van der Waals surface area contributed by atoms with Gasteiger partial charge in [0.05, 0.1) is 0 Å². The summed E-state index contributed by atoms with van der Waals surface area (Å²) in [7, 11) is 0. The van der Waals surface area contributed by atoms with Crippen molar-refractivity contribution in [3.63, 3.8) is 0 Å². The van der Waals surface area contributed by atoms with E-state index < -0.39 is 37.4 Å². The molecule has 0 bridgehead atoms. The topological polar surface area (TPSA) is 0 Å². The first-order valence-corrected chi connectivity index (χ1v) is 9.71. The molecule has 0 amide bonds. The third-order valence-electron chi connectivity index (χ3n) is 3.12. The molecule has 0 aliphatic carbocycles. The van der Waals surface area contributed by atoms with Gasteiger partial charge in [0.15, 0.2) is 0 Å². The van der Waals surface area contributed by atoms with E-state index >= 15 is 0 Å². The van der Waals surface area contributed by atoms with Crippen LogP contribution in [0.15, 0.2) is 48.5 Å². The number of benzene rings is 2. The van der Waals surface area contributed by atoms with Crippen molar-refractivity contribution in [1.29, 1.82) is 0 Å². The van der Waals surface area contributed by atoms with Gasteiger partial charge < -0.3 is 0 Å². The molecule has 22 heavy (non-hydrogen) atoms. The van der Waals surface area contributed by atoms with Crippen LogP contribution >= 0.6 is 0 Å². The first-order valence-electron chi connectivity index (χ1n) is 6.13. The molecular formula is C15H10F6Ge. The van der Waals surface area contributed by atoms with Gasteiger partial charge in [-0.1, -0.05) is 0 Å². The van der Waals surface area contributed by atoms with Gasteiger partial charge in [-0.15, -0.1) is 0 Å².